The van der Waals surface area contributed by atoms with Gasteiger partial charge in [-0.15, -0.1) is 0 Å². The molecule has 1 aliphatic heterocycles. The van der Waals surface area contributed by atoms with Crippen molar-refractivity contribution in [1.82, 2.24) is 14.9 Å². The summed E-state index contributed by atoms with van der Waals surface area (Å²) in [6.07, 6.45) is -3.43. The first-order valence-electron chi connectivity index (χ1n) is 13.7. The third kappa shape index (κ3) is 8.30. The third-order valence-electron chi connectivity index (χ3n) is 6.43. The highest BCUT2D eigenvalue weighted by Crippen LogP contribution is 2.38. The summed E-state index contributed by atoms with van der Waals surface area (Å²) in [5, 5.41) is 8.23. The molecule has 1 saturated heterocycles. The normalized spacial score (nSPS) is 13.6. The minimum Gasteiger partial charge on any atom is -0.494 e. The van der Waals surface area contributed by atoms with E-state index in [4.69, 9.17) is 9.47 Å². The molecule has 1 fully saturated rings. The Labute approximate surface area is 253 Å². The minimum atomic E-state index is -4.74. The van der Waals surface area contributed by atoms with Crippen molar-refractivity contribution < 1.29 is 32.2 Å². The second kappa shape index (κ2) is 13.1. The van der Waals surface area contributed by atoms with Gasteiger partial charge in [0.25, 0.3) is 0 Å². The first kappa shape index (κ1) is 31.9. The van der Waals surface area contributed by atoms with Crippen molar-refractivity contribution in [3.8, 4) is 5.75 Å². The predicted molar refractivity (Wildman–Crippen MR) is 162 cm³/mol. The molecule has 2 heterocycles. The molecule has 0 unspecified atom stereocenters. The predicted octanol–water partition coefficient (Wildman–Crippen LogP) is 6.17. The van der Waals surface area contributed by atoms with Crippen LogP contribution in [0.15, 0.2) is 61.3 Å². The number of methoxy groups -OCH3 is 1. The number of carbonyl (C=O) groups excluding carboxylic acids is 2. The highest BCUT2D eigenvalue weighted by molar-refractivity contribution is 5.87. The van der Waals surface area contributed by atoms with Gasteiger partial charge < -0.3 is 29.9 Å². The summed E-state index contributed by atoms with van der Waals surface area (Å²) in [5.74, 6) is -0.432. The van der Waals surface area contributed by atoms with Gasteiger partial charge in [-0.05, 0) is 57.2 Å². The SMILES string of the molecule is C=CC(=O)N1CCN(c2ccc(Nc3nc(Nc4cccc(NC(=O)OC(C)(C)C)c4)ncc3C(F)(F)F)c(OC)c2)CC1. The van der Waals surface area contributed by atoms with Crippen molar-refractivity contribution in [1.29, 1.82) is 0 Å². The average molecular weight is 614 g/mol. The number of anilines is 6. The van der Waals surface area contributed by atoms with Crippen LogP contribution >= 0.6 is 0 Å². The second-order valence-corrected chi connectivity index (χ2v) is 10.8. The van der Waals surface area contributed by atoms with Crippen LogP contribution in [0.4, 0.5) is 52.5 Å². The molecule has 14 heteroatoms. The standard InChI is InChI=1S/C30H34F3N7O4/c1-6-25(41)40-14-12-39(13-15-40)21-10-11-23(24(17-21)43-5)37-26-22(30(31,32)33)18-34-27(38-26)35-19-8-7-9-20(16-19)36-28(42)44-29(2,3)4/h6-11,16-18H,1,12-15H2,2-5H3,(H,36,42)(H2,34,35,37,38). The van der Waals surface area contributed by atoms with Crippen molar-refractivity contribution >= 4 is 46.5 Å². The number of rotatable bonds is 8. The smallest absolute Gasteiger partial charge is 0.421 e. The second-order valence-electron chi connectivity index (χ2n) is 10.8. The monoisotopic (exact) mass is 613 g/mol. The Morgan fingerprint density at radius 2 is 1.70 bits per heavy atom. The molecular weight excluding hydrogens is 579 g/mol. The van der Waals surface area contributed by atoms with Crippen molar-refractivity contribution in [2.45, 2.75) is 32.5 Å². The van der Waals surface area contributed by atoms with Crippen LogP contribution < -0.4 is 25.6 Å². The molecule has 2 aromatic carbocycles. The van der Waals surface area contributed by atoms with Crippen LogP contribution in [0.1, 0.15) is 26.3 Å². The number of halogens is 3. The Hall–Kier alpha value is -5.01. The molecule has 44 heavy (non-hydrogen) atoms. The number of alkyl halides is 3. The van der Waals surface area contributed by atoms with Crippen molar-refractivity contribution in [2.24, 2.45) is 0 Å². The number of nitrogens with zero attached hydrogens (tertiary/aromatic N) is 4. The van der Waals surface area contributed by atoms with Crippen molar-refractivity contribution in [3.05, 3.63) is 66.9 Å². The Balaban J connectivity index is 1.54. The number of hydrogen-bond donors (Lipinski definition) is 3. The van der Waals surface area contributed by atoms with Crippen LogP contribution in [0.25, 0.3) is 0 Å². The molecule has 1 aliphatic rings. The highest BCUT2D eigenvalue weighted by atomic mass is 19.4. The van der Waals surface area contributed by atoms with Gasteiger partial charge in [0.2, 0.25) is 11.9 Å². The molecule has 3 aromatic rings. The lowest BCUT2D eigenvalue weighted by Crippen LogP contribution is -2.48. The molecule has 0 saturated carbocycles. The maximum Gasteiger partial charge on any atom is 0.421 e. The van der Waals surface area contributed by atoms with Crippen LogP contribution in [0, 0.1) is 0 Å². The molecule has 11 nitrogen and oxygen atoms in total. The van der Waals surface area contributed by atoms with Gasteiger partial charge in [0, 0.05) is 55.5 Å². The third-order valence-corrected chi connectivity index (χ3v) is 6.43. The zero-order valence-electron chi connectivity index (χ0n) is 24.8. The Morgan fingerprint density at radius 3 is 2.34 bits per heavy atom. The van der Waals surface area contributed by atoms with E-state index >= 15 is 0 Å². The van der Waals surface area contributed by atoms with Crippen LogP contribution in [-0.4, -0.2) is 65.8 Å². The molecule has 1 aromatic heterocycles. The van der Waals surface area contributed by atoms with Crippen LogP contribution in [0.5, 0.6) is 5.75 Å². The molecule has 234 valence electrons. The molecule has 0 atom stereocenters. The van der Waals surface area contributed by atoms with E-state index in [9.17, 15) is 22.8 Å². The summed E-state index contributed by atoms with van der Waals surface area (Å²) in [7, 11) is 1.42. The topological polar surface area (TPSA) is 121 Å². The molecule has 0 bridgehead atoms. The maximum absolute atomic E-state index is 13.9. The number of hydrogen-bond acceptors (Lipinski definition) is 9. The first-order valence-corrected chi connectivity index (χ1v) is 13.7. The van der Waals surface area contributed by atoms with E-state index in [2.05, 4.69) is 37.4 Å². The Kier molecular flexibility index (Phi) is 9.50. The van der Waals surface area contributed by atoms with E-state index in [0.29, 0.717) is 49.5 Å². The highest BCUT2D eigenvalue weighted by Gasteiger charge is 2.35. The van der Waals surface area contributed by atoms with Gasteiger partial charge in [0.1, 0.15) is 22.7 Å². The molecule has 4 rings (SSSR count). The van der Waals surface area contributed by atoms with Gasteiger partial charge >= 0.3 is 12.3 Å². The van der Waals surface area contributed by atoms with E-state index < -0.39 is 29.3 Å². The zero-order chi connectivity index (χ0) is 32.1. The maximum atomic E-state index is 13.9. The van der Waals surface area contributed by atoms with Gasteiger partial charge in [0.15, 0.2) is 0 Å². The van der Waals surface area contributed by atoms with Crippen molar-refractivity contribution in [3.63, 3.8) is 0 Å². The molecule has 0 spiro atoms. The lowest BCUT2D eigenvalue weighted by molar-refractivity contribution is -0.137. The molecule has 3 N–H and O–H groups in total. The number of nitrogens with one attached hydrogen (secondary N) is 3. The lowest BCUT2D eigenvalue weighted by atomic mass is 10.2. The molecule has 2 amide bonds. The quantitative estimate of drug-likeness (QED) is 0.256. The van der Waals surface area contributed by atoms with Gasteiger partial charge in [0.05, 0.1) is 12.8 Å². The largest absolute Gasteiger partial charge is 0.494 e. The van der Waals surface area contributed by atoms with Gasteiger partial charge in [-0.3, -0.25) is 10.1 Å². The number of benzene rings is 2. The number of aromatic nitrogens is 2. The zero-order valence-corrected chi connectivity index (χ0v) is 24.8. The Morgan fingerprint density at radius 1 is 1.00 bits per heavy atom. The first-order chi connectivity index (χ1) is 20.8. The van der Waals surface area contributed by atoms with Crippen LogP contribution in [-0.2, 0) is 15.7 Å². The number of piperazine rings is 1. The van der Waals surface area contributed by atoms with Gasteiger partial charge in [-0.25, -0.2) is 9.78 Å². The molecule has 0 radical (unpaired) electrons. The molecule has 0 aliphatic carbocycles. The number of carbonyl (C=O) groups is 2. The van der Waals surface area contributed by atoms with Crippen LogP contribution in [0.3, 0.4) is 0 Å². The fourth-order valence-electron chi connectivity index (χ4n) is 4.39. The fraction of sp³-hybridized carbons (Fsp3) is 0.333. The summed E-state index contributed by atoms with van der Waals surface area (Å²) in [4.78, 5) is 35.8. The van der Waals surface area contributed by atoms with Gasteiger partial charge in [-0.1, -0.05) is 12.6 Å². The van der Waals surface area contributed by atoms with E-state index in [0.717, 1.165) is 5.69 Å². The van der Waals surface area contributed by atoms with E-state index in [-0.39, 0.29) is 17.5 Å². The van der Waals surface area contributed by atoms with Crippen molar-refractivity contribution in [2.75, 3.05) is 54.1 Å². The summed E-state index contributed by atoms with van der Waals surface area (Å²) in [6, 6.07) is 11.6. The fourth-order valence-corrected chi connectivity index (χ4v) is 4.39. The summed E-state index contributed by atoms with van der Waals surface area (Å²) >= 11 is 0. The van der Waals surface area contributed by atoms with E-state index in [1.54, 1.807) is 68.1 Å². The summed E-state index contributed by atoms with van der Waals surface area (Å²) in [5.41, 5.74) is 0.101. The minimum absolute atomic E-state index is 0.113. The Bertz CT molecular complexity index is 1520. The van der Waals surface area contributed by atoms with Gasteiger partial charge in [-0.2, -0.15) is 18.2 Å². The summed E-state index contributed by atoms with van der Waals surface area (Å²) < 4.78 is 52.6. The average Bonchev–Trinajstić information content (AvgIpc) is 2.95. The van der Waals surface area contributed by atoms with Crippen LogP contribution in [0.2, 0.25) is 0 Å². The van der Waals surface area contributed by atoms with E-state index in [1.807, 2.05) is 0 Å². The number of amides is 2. The molecular formula is C30H34F3N7O4. The van der Waals surface area contributed by atoms with E-state index in [1.165, 1.54) is 13.2 Å². The lowest BCUT2D eigenvalue weighted by Gasteiger charge is -2.35. The number of ether oxygens (including phenoxy) is 2. The summed E-state index contributed by atoms with van der Waals surface area (Å²) in [6.45, 7) is 10.9.